The summed E-state index contributed by atoms with van der Waals surface area (Å²) in [7, 11) is -6.08. The molecule has 15 heteroatoms. The van der Waals surface area contributed by atoms with Crippen molar-refractivity contribution >= 4 is 75.6 Å². The highest BCUT2D eigenvalue weighted by Gasteiger charge is 2.26. The van der Waals surface area contributed by atoms with Gasteiger partial charge in [0, 0.05) is 22.8 Å². The molecule has 0 spiro atoms. The first-order valence-corrected chi connectivity index (χ1v) is 17.0. The third-order valence-corrected chi connectivity index (χ3v) is 10.6. The van der Waals surface area contributed by atoms with Crippen LogP contribution in [-0.2, 0) is 25.0 Å². The Bertz CT molecular complexity index is 1620. The number of aromatic hydroxyl groups is 1. The van der Waals surface area contributed by atoms with Gasteiger partial charge >= 0.3 is 0 Å². The summed E-state index contributed by atoms with van der Waals surface area (Å²) in [6.07, 6.45) is 3.63. The van der Waals surface area contributed by atoms with Crippen LogP contribution in [0.1, 0.15) is 32.1 Å². The minimum absolute atomic E-state index is 0.118. The molecule has 39 heavy (non-hydrogen) atoms. The van der Waals surface area contributed by atoms with Crippen molar-refractivity contribution in [2.75, 3.05) is 11.1 Å². The topological polar surface area (TPSA) is 183 Å². The summed E-state index contributed by atoms with van der Waals surface area (Å²) in [5, 5.41) is 21.6. The van der Waals surface area contributed by atoms with E-state index in [4.69, 9.17) is 0 Å². The smallest absolute Gasteiger partial charge is 0.296 e. The molecule has 1 atom stereocenters. The summed E-state index contributed by atoms with van der Waals surface area (Å²) in [6, 6.07) is 10.9. The van der Waals surface area contributed by atoms with Gasteiger partial charge in [0.15, 0.2) is 5.75 Å². The second-order valence-corrected chi connectivity index (χ2v) is 14.3. The number of unbranched alkanes of at least 4 members (excludes halogenated alkanes) is 1. The third-order valence-electron chi connectivity index (χ3n) is 5.90. The van der Waals surface area contributed by atoms with Crippen LogP contribution in [0.15, 0.2) is 68.6 Å². The first-order chi connectivity index (χ1) is 18.4. The molecule has 11 nitrogen and oxygen atoms in total. The van der Waals surface area contributed by atoms with Crippen LogP contribution in [-0.4, -0.2) is 48.0 Å². The Morgan fingerprint density at radius 3 is 2.38 bits per heavy atom. The van der Waals surface area contributed by atoms with Gasteiger partial charge in [-0.2, -0.15) is 21.9 Å². The summed E-state index contributed by atoms with van der Waals surface area (Å²) in [6.45, 7) is 0. The Morgan fingerprint density at radius 2 is 1.74 bits per heavy atom. The molecule has 0 bridgehead atoms. The van der Waals surface area contributed by atoms with Crippen molar-refractivity contribution in [1.82, 2.24) is 0 Å². The molecule has 1 aliphatic rings. The highest BCUT2D eigenvalue weighted by atomic mass is 33.1. The molecule has 1 unspecified atom stereocenters. The zero-order valence-electron chi connectivity index (χ0n) is 20.3. The molecule has 1 aliphatic heterocycles. The van der Waals surface area contributed by atoms with Crippen molar-refractivity contribution in [2.45, 2.75) is 47.1 Å². The van der Waals surface area contributed by atoms with E-state index in [1.165, 1.54) is 0 Å². The van der Waals surface area contributed by atoms with Gasteiger partial charge in [0.05, 0.1) is 16.3 Å². The predicted octanol–water partition coefficient (Wildman–Crippen LogP) is 6.11. The number of anilines is 1. The second-order valence-electron chi connectivity index (χ2n) is 8.75. The fourth-order valence-corrected chi connectivity index (χ4v) is 8.27. The molecule has 208 valence electrons. The Hall–Kier alpha value is -2.69. The average molecular weight is 612 g/mol. The van der Waals surface area contributed by atoms with Crippen LogP contribution in [0.2, 0.25) is 0 Å². The van der Waals surface area contributed by atoms with E-state index in [2.05, 4.69) is 15.5 Å². The lowest BCUT2D eigenvalue weighted by Crippen LogP contribution is -2.13. The van der Waals surface area contributed by atoms with Crippen LogP contribution in [0.4, 0.5) is 17.1 Å². The molecule has 0 aliphatic carbocycles. The van der Waals surface area contributed by atoms with E-state index in [1.807, 2.05) is 21.6 Å². The zero-order chi connectivity index (χ0) is 28.2. The van der Waals surface area contributed by atoms with Crippen molar-refractivity contribution in [3.63, 3.8) is 0 Å². The lowest BCUT2D eigenvalue weighted by Gasteiger charge is -2.15. The van der Waals surface area contributed by atoms with Crippen LogP contribution in [0.3, 0.4) is 0 Å². The molecule has 0 radical (unpaired) electrons. The van der Waals surface area contributed by atoms with Gasteiger partial charge < -0.3 is 10.4 Å². The summed E-state index contributed by atoms with van der Waals surface area (Å²) in [5.74, 6) is -0.126. The van der Waals surface area contributed by atoms with Gasteiger partial charge in [-0.25, -0.2) is 0 Å². The number of carbonyl (C=O) groups excluding carboxylic acids is 1. The molecule has 4 rings (SSSR count). The van der Waals surface area contributed by atoms with E-state index in [0.29, 0.717) is 17.4 Å². The van der Waals surface area contributed by atoms with E-state index in [-0.39, 0.29) is 22.9 Å². The molecule has 1 saturated heterocycles. The molecule has 0 aromatic heterocycles. The maximum Gasteiger partial charge on any atom is 0.296 e. The zero-order valence-corrected chi connectivity index (χ0v) is 23.6. The largest absolute Gasteiger partial charge is 0.505 e. The van der Waals surface area contributed by atoms with Crippen LogP contribution < -0.4 is 5.32 Å². The van der Waals surface area contributed by atoms with Crippen molar-refractivity contribution in [3.05, 3.63) is 48.5 Å². The van der Waals surface area contributed by atoms with Crippen molar-refractivity contribution in [1.29, 1.82) is 0 Å². The fourth-order valence-electron chi connectivity index (χ4n) is 4.04. The summed E-state index contributed by atoms with van der Waals surface area (Å²) >= 11 is 0. The van der Waals surface area contributed by atoms with Gasteiger partial charge in [0.2, 0.25) is 5.91 Å². The highest BCUT2D eigenvalue weighted by Crippen LogP contribution is 2.45. The standard InChI is InChI=1S/C24H25N3O8S4/c28-21(9-5-4-8-17-10-11-36-37-17)25-19-14-18(38(30,31)32)12-15-13-20(39(33,34)35)23(24(29)22(15)19)27-26-16-6-2-1-3-7-16/h1-3,6-7,12-14,17,29H,4-5,8-11H2,(H,25,28)(H,30,31,32)(H,33,34,35)/b27-26+. The first-order valence-electron chi connectivity index (χ1n) is 11.8. The lowest BCUT2D eigenvalue weighted by molar-refractivity contribution is -0.116. The number of phenolic OH excluding ortho intramolecular Hbond substituents is 1. The molecule has 1 fully saturated rings. The predicted molar refractivity (Wildman–Crippen MR) is 151 cm³/mol. The number of nitrogens with zero attached hydrogens (tertiary/aromatic N) is 2. The molecule has 3 aromatic carbocycles. The lowest BCUT2D eigenvalue weighted by atomic mass is 10.1. The Labute approximate surface area is 233 Å². The first kappa shape index (κ1) is 29.3. The average Bonchev–Trinajstić information content (AvgIpc) is 3.39. The monoisotopic (exact) mass is 611 g/mol. The van der Waals surface area contributed by atoms with Gasteiger partial charge in [-0.1, -0.05) is 46.2 Å². The van der Waals surface area contributed by atoms with Crippen LogP contribution in [0.25, 0.3) is 10.8 Å². The Balaban J connectivity index is 1.74. The quantitative estimate of drug-likeness (QED) is 0.0903. The minimum atomic E-state index is -4.97. The normalized spacial score (nSPS) is 16.2. The third kappa shape index (κ3) is 7.49. The molecule has 1 heterocycles. The molecule has 0 saturated carbocycles. The van der Waals surface area contributed by atoms with Gasteiger partial charge in [0.25, 0.3) is 20.2 Å². The molecular formula is C24H25N3O8S4. The molecular weight excluding hydrogens is 587 g/mol. The molecule has 3 aromatic rings. The van der Waals surface area contributed by atoms with E-state index < -0.39 is 47.4 Å². The molecule has 1 amide bonds. The fraction of sp³-hybridized carbons (Fsp3) is 0.292. The van der Waals surface area contributed by atoms with E-state index in [9.17, 15) is 35.8 Å². The van der Waals surface area contributed by atoms with E-state index in [1.54, 1.807) is 30.3 Å². The highest BCUT2D eigenvalue weighted by molar-refractivity contribution is 8.77. The maximum absolute atomic E-state index is 12.8. The van der Waals surface area contributed by atoms with Crippen molar-refractivity contribution in [3.8, 4) is 5.75 Å². The number of phenols is 1. The van der Waals surface area contributed by atoms with Gasteiger partial charge in [-0.15, -0.1) is 5.11 Å². The van der Waals surface area contributed by atoms with E-state index in [0.717, 1.165) is 43.2 Å². The van der Waals surface area contributed by atoms with Crippen LogP contribution in [0, 0.1) is 0 Å². The second kappa shape index (κ2) is 12.2. The number of hydrogen-bond acceptors (Lipinski definition) is 10. The number of amides is 1. The molecule has 4 N–H and O–H groups in total. The SMILES string of the molecule is O=C(CCCCC1CCSS1)Nc1cc(S(=O)(=O)O)cc2cc(S(=O)(=O)O)c(/N=N/c3ccccc3)c(O)c12. The number of azo groups is 1. The van der Waals surface area contributed by atoms with Crippen LogP contribution >= 0.6 is 21.6 Å². The Morgan fingerprint density at radius 1 is 1.00 bits per heavy atom. The van der Waals surface area contributed by atoms with Gasteiger partial charge in [0.1, 0.15) is 10.6 Å². The van der Waals surface area contributed by atoms with E-state index >= 15 is 0 Å². The van der Waals surface area contributed by atoms with Crippen LogP contribution in [0.5, 0.6) is 5.75 Å². The summed E-state index contributed by atoms with van der Waals surface area (Å²) in [5.41, 5.74) is -0.484. The number of nitrogens with one attached hydrogen (secondary N) is 1. The number of hydrogen-bond donors (Lipinski definition) is 4. The number of carbonyl (C=O) groups is 1. The van der Waals surface area contributed by atoms with Crippen molar-refractivity contribution in [2.24, 2.45) is 10.2 Å². The van der Waals surface area contributed by atoms with Gasteiger partial charge in [-0.3, -0.25) is 13.9 Å². The van der Waals surface area contributed by atoms with Gasteiger partial charge in [-0.05, 0) is 55.0 Å². The van der Waals surface area contributed by atoms with Crippen molar-refractivity contribution < 1.29 is 35.8 Å². The maximum atomic E-state index is 12.8. The number of rotatable bonds is 10. The Kier molecular flexibility index (Phi) is 9.18. The summed E-state index contributed by atoms with van der Waals surface area (Å²) < 4.78 is 67.6. The summed E-state index contributed by atoms with van der Waals surface area (Å²) in [4.78, 5) is 11.3. The minimum Gasteiger partial charge on any atom is -0.505 e. The number of fused-ring (bicyclic) bond motifs is 1. The number of benzene rings is 3.